The number of aliphatic hydroxyl groups excluding tert-OH is 1. The fourth-order valence-corrected chi connectivity index (χ4v) is 1.15. The third-order valence-corrected chi connectivity index (χ3v) is 2.27. The minimum absolute atomic E-state index is 0.0873. The first-order chi connectivity index (χ1) is 7.56. The predicted octanol–water partition coefficient (Wildman–Crippen LogP) is 2.98. The summed E-state index contributed by atoms with van der Waals surface area (Å²) in [6, 6.07) is 6.22. The quantitative estimate of drug-likeness (QED) is 0.355. The zero-order chi connectivity index (χ0) is 12.1. The lowest BCUT2D eigenvalue weighted by Gasteiger charge is -2.01. The van der Waals surface area contributed by atoms with E-state index in [2.05, 4.69) is 0 Å². The Morgan fingerprint density at radius 2 is 1.94 bits per heavy atom. The first-order valence-electron chi connectivity index (χ1n) is 4.92. The third-order valence-electron chi connectivity index (χ3n) is 2.27. The molecule has 16 heavy (non-hydrogen) atoms. The van der Waals surface area contributed by atoms with Gasteiger partial charge in [-0.2, -0.15) is 0 Å². The molecule has 3 heteroatoms. The van der Waals surface area contributed by atoms with Crippen LogP contribution in [-0.2, 0) is 0 Å². The van der Waals surface area contributed by atoms with Crippen molar-refractivity contribution in [2.45, 2.75) is 13.8 Å². The summed E-state index contributed by atoms with van der Waals surface area (Å²) in [5.41, 5.74) is 0.793. The number of ketones is 1. The van der Waals surface area contributed by atoms with E-state index in [0.717, 1.165) is 6.08 Å². The molecule has 3 nitrogen and oxygen atoms in total. The van der Waals surface area contributed by atoms with Gasteiger partial charge >= 0.3 is 0 Å². The molecule has 0 bridgehead atoms. The van der Waals surface area contributed by atoms with E-state index in [-0.39, 0.29) is 17.1 Å². The average Bonchev–Trinajstić information content (AvgIpc) is 2.28. The van der Waals surface area contributed by atoms with Crippen LogP contribution in [0.2, 0.25) is 0 Å². The first kappa shape index (κ1) is 12.0. The van der Waals surface area contributed by atoms with E-state index in [9.17, 15) is 15.0 Å². The smallest absolute Gasteiger partial charge is 0.193 e. The number of aliphatic hydroxyl groups is 1. The second kappa shape index (κ2) is 5.16. The largest absolute Gasteiger partial charge is 0.508 e. The highest BCUT2D eigenvalue weighted by Gasteiger charge is 2.09. The van der Waals surface area contributed by atoms with Crippen LogP contribution in [0.1, 0.15) is 24.2 Å². The van der Waals surface area contributed by atoms with Gasteiger partial charge in [0.2, 0.25) is 0 Å². The van der Waals surface area contributed by atoms with Gasteiger partial charge in [0.25, 0.3) is 0 Å². The van der Waals surface area contributed by atoms with Crippen LogP contribution in [0.4, 0.5) is 0 Å². The van der Waals surface area contributed by atoms with Crippen LogP contribution in [0.15, 0.2) is 47.7 Å². The third kappa shape index (κ3) is 2.73. The summed E-state index contributed by atoms with van der Waals surface area (Å²) in [5, 5.41) is 19.0. The number of carbonyl (C=O) groups is 1. The van der Waals surface area contributed by atoms with Gasteiger partial charge in [-0.3, -0.25) is 4.79 Å². The Hall–Kier alpha value is -2.03. The molecule has 0 aliphatic rings. The highest BCUT2D eigenvalue weighted by atomic mass is 16.3. The van der Waals surface area contributed by atoms with E-state index in [1.54, 1.807) is 32.1 Å². The lowest BCUT2D eigenvalue weighted by atomic mass is 10.1. The first-order valence-corrected chi connectivity index (χ1v) is 4.92. The van der Waals surface area contributed by atoms with Crippen molar-refractivity contribution in [3.05, 3.63) is 53.3 Å². The van der Waals surface area contributed by atoms with Crippen molar-refractivity contribution < 1.29 is 15.0 Å². The number of hydrogen-bond acceptors (Lipinski definition) is 3. The van der Waals surface area contributed by atoms with Crippen LogP contribution >= 0.6 is 0 Å². The number of rotatable bonds is 3. The maximum atomic E-state index is 11.7. The molecule has 1 aromatic rings. The van der Waals surface area contributed by atoms with E-state index in [1.807, 2.05) is 0 Å². The zero-order valence-electron chi connectivity index (χ0n) is 9.27. The number of para-hydroxylation sites is 1. The fourth-order valence-electron chi connectivity index (χ4n) is 1.15. The Labute approximate surface area is 94.4 Å². The number of hydrogen-bond donors (Lipinski definition) is 2. The Kier molecular flexibility index (Phi) is 3.89. The summed E-state index contributed by atoms with van der Waals surface area (Å²) in [4.78, 5) is 11.7. The van der Waals surface area contributed by atoms with E-state index in [4.69, 9.17) is 0 Å². The summed E-state index contributed by atoms with van der Waals surface area (Å²) >= 11 is 0. The summed E-state index contributed by atoms with van der Waals surface area (Å²) in [6.07, 6.45) is 2.80. The lowest BCUT2D eigenvalue weighted by Crippen LogP contribution is -1.97. The maximum absolute atomic E-state index is 11.7. The Balaban J connectivity index is 3.01. The summed E-state index contributed by atoms with van der Waals surface area (Å²) < 4.78 is 0. The van der Waals surface area contributed by atoms with Crippen molar-refractivity contribution in [1.29, 1.82) is 0 Å². The molecule has 0 aromatic heterocycles. The Bertz CT molecular complexity index is 456. The standard InChI is InChI=1S/C13H14O3/c1-3-9(2)12(15)8-13(16)10-6-4-5-7-11(10)14/h3-8,14-15H,1-2H3/b9-3+,12-8-. The van der Waals surface area contributed by atoms with Crippen molar-refractivity contribution in [1.82, 2.24) is 0 Å². The topological polar surface area (TPSA) is 57.5 Å². The number of carbonyl (C=O) groups excluding carboxylic acids is 1. The molecule has 0 atom stereocenters. The number of phenols is 1. The molecule has 0 unspecified atom stereocenters. The van der Waals surface area contributed by atoms with Crippen LogP contribution in [0.25, 0.3) is 0 Å². The molecule has 1 aromatic carbocycles. The molecule has 2 N–H and O–H groups in total. The molecule has 0 fully saturated rings. The molecule has 0 aliphatic carbocycles. The predicted molar refractivity (Wildman–Crippen MR) is 62.6 cm³/mol. The van der Waals surface area contributed by atoms with Crippen molar-refractivity contribution in [3.8, 4) is 5.75 Å². The molecule has 1 rings (SSSR count). The lowest BCUT2D eigenvalue weighted by molar-refractivity contribution is 0.104. The molecule has 0 radical (unpaired) electrons. The summed E-state index contributed by atoms with van der Waals surface area (Å²) in [5.74, 6) is -0.595. The SMILES string of the molecule is C/C=C(C)/C(O)=C/C(=O)c1ccccc1O. The van der Waals surface area contributed by atoms with Crippen molar-refractivity contribution in [3.63, 3.8) is 0 Å². The van der Waals surface area contributed by atoms with Gasteiger partial charge in [-0.05, 0) is 31.6 Å². The normalized spacial score (nSPS) is 12.6. The van der Waals surface area contributed by atoms with Gasteiger partial charge in [-0.1, -0.05) is 18.2 Å². The second-order valence-electron chi connectivity index (χ2n) is 3.38. The van der Waals surface area contributed by atoms with E-state index >= 15 is 0 Å². The van der Waals surface area contributed by atoms with Crippen LogP contribution in [0, 0.1) is 0 Å². The van der Waals surface area contributed by atoms with Crippen LogP contribution < -0.4 is 0 Å². The van der Waals surface area contributed by atoms with E-state index in [1.165, 1.54) is 12.1 Å². The molecular formula is C13H14O3. The number of allylic oxidation sites excluding steroid dienone is 3. The molecule has 0 amide bonds. The van der Waals surface area contributed by atoms with Gasteiger partial charge < -0.3 is 10.2 Å². The minimum Gasteiger partial charge on any atom is -0.508 e. The van der Waals surface area contributed by atoms with Gasteiger partial charge in [-0.15, -0.1) is 0 Å². The fraction of sp³-hybridized carbons (Fsp3) is 0.154. The van der Waals surface area contributed by atoms with Crippen LogP contribution in [0.5, 0.6) is 5.75 Å². The molecule has 0 saturated carbocycles. The molecule has 0 saturated heterocycles. The van der Waals surface area contributed by atoms with Crippen molar-refractivity contribution in [2.75, 3.05) is 0 Å². The Morgan fingerprint density at radius 1 is 1.31 bits per heavy atom. The Morgan fingerprint density at radius 3 is 2.50 bits per heavy atom. The monoisotopic (exact) mass is 218 g/mol. The zero-order valence-corrected chi connectivity index (χ0v) is 9.27. The number of phenolic OH excluding ortho intramolecular Hbond substituents is 1. The van der Waals surface area contributed by atoms with Crippen LogP contribution in [-0.4, -0.2) is 16.0 Å². The molecule has 84 valence electrons. The second-order valence-corrected chi connectivity index (χ2v) is 3.38. The molecule has 0 aliphatic heterocycles. The number of benzene rings is 1. The maximum Gasteiger partial charge on any atom is 0.193 e. The van der Waals surface area contributed by atoms with Gasteiger partial charge in [0.1, 0.15) is 11.5 Å². The minimum atomic E-state index is -0.420. The van der Waals surface area contributed by atoms with Crippen LogP contribution in [0.3, 0.4) is 0 Å². The van der Waals surface area contributed by atoms with Gasteiger partial charge in [-0.25, -0.2) is 0 Å². The molecule has 0 heterocycles. The number of aromatic hydroxyl groups is 1. The summed E-state index contributed by atoms with van der Waals surface area (Å²) in [6.45, 7) is 3.47. The van der Waals surface area contributed by atoms with E-state index in [0.29, 0.717) is 5.57 Å². The van der Waals surface area contributed by atoms with Crippen molar-refractivity contribution >= 4 is 5.78 Å². The van der Waals surface area contributed by atoms with Gasteiger partial charge in [0, 0.05) is 6.08 Å². The van der Waals surface area contributed by atoms with Crippen molar-refractivity contribution in [2.24, 2.45) is 0 Å². The van der Waals surface area contributed by atoms with E-state index < -0.39 is 5.78 Å². The average molecular weight is 218 g/mol. The highest BCUT2D eigenvalue weighted by Crippen LogP contribution is 2.17. The molecular weight excluding hydrogens is 204 g/mol. The van der Waals surface area contributed by atoms with Gasteiger partial charge in [0.05, 0.1) is 5.56 Å². The highest BCUT2D eigenvalue weighted by molar-refractivity contribution is 6.06. The molecule has 0 spiro atoms. The summed E-state index contributed by atoms with van der Waals surface area (Å²) in [7, 11) is 0. The van der Waals surface area contributed by atoms with Gasteiger partial charge in [0.15, 0.2) is 5.78 Å².